The van der Waals surface area contributed by atoms with Crippen LogP contribution in [0.2, 0.25) is 0 Å². The minimum Gasteiger partial charge on any atom is -0.325 e. The van der Waals surface area contributed by atoms with E-state index in [1.807, 2.05) is 49.4 Å². The number of nitrogens with zero attached hydrogens (tertiary/aromatic N) is 4. The van der Waals surface area contributed by atoms with Gasteiger partial charge >= 0.3 is 0 Å². The Morgan fingerprint density at radius 3 is 2.76 bits per heavy atom. The van der Waals surface area contributed by atoms with Crippen molar-refractivity contribution >= 4 is 28.6 Å². The van der Waals surface area contributed by atoms with Gasteiger partial charge in [-0.25, -0.2) is 0 Å². The third kappa shape index (κ3) is 3.11. The zero-order chi connectivity index (χ0) is 19.8. The number of amides is 1. The molecule has 29 heavy (non-hydrogen) atoms. The summed E-state index contributed by atoms with van der Waals surface area (Å²) in [5, 5.41) is 18.0. The summed E-state index contributed by atoms with van der Waals surface area (Å²) in [4.78, 5) is 14.5. The molecule has 0 atom stereocenters. The van der Waals surface area contributed by atoms with E-state index in [4.69, 9.17) is 0 Å². The zero-order valence-corrected chi connectivity index (χ0v) is 16.9. The van der Waals surface area contributed by atoms with Crippen molar-refractivity contribution in [2.24, 2.45) is 0 Å². The van der Waals surface area contributed by atoms with E-state index in [1.165, 1.54) is 4.88 Å². The maximum absolute atomic E-state index is 13.3. The molecule has 0 spiro atoms. The molecule has 1 fully saturated rings. The van der Waals surface area contributed by atoms with Crippen LogP contribution in [0.25, 0.3) is 16.9 Å². The summed E-state index contributed by atoms with van der Waals surface area (Å²) in [6.07, 6.45) is 4.00. The van der Waals surface area contributed by atoms with E-state index in [0.717, 1.165) is 54.1 Å². The fraction of sp³-hybridized carbons (Fsp3) is 0.273. The maximum atomic E-state index is 13.3. The third-order valence-corrected chi connectivity index (χ3v) is 6.79. The smallest absolute Gasteiger partial charge is 0.235 e. The number of anilines is 1. The first-order valence-corrected chi connectivity index (χ1v) is 10.7. The molecule has 1 aliphatic carbocycles. The van der Waals surface area contributed by atoms with Gasteiger partial charge in [0.2, 0.25) is 5.91 Å². The van der Waals surface area contributed by atoms with E-state index in [-0.39, 0.29) is 5.91 Å². The van der Waals surface area contributed by atoms with Crippen LogP contribution in [-0.4, -0.2) is 25.7 Å². The van der Waals surface area contributed by atoms with Gasteiger partial charge in [-0.2, -0.15) is 9.61 Å². The van der Waals surface area contributed by atoms with Crippen LogP contribution in [0.15, 0.2) is 53.9 Å². The summed E-state index contributed by atoms with van der Waals surface area (Å²) in [6.45, 7) is 1.87. The number of carbonyl (C=O) groups excluding carboxylic acids is 1. The van der Waals surface area contributed by atoms with Crippen molar-refractivity contribution in [1.82, 2.24) is 19.8 Å². The lowest BCUT2D eigenvalue weighted by Gasteiger charge is -2.26. The normalized spacial score (nSPS) is 15.6. The first-order chi connectivity index (χ1) is 14.2. The maximum Gasteiger partial charge on any atom is 0.235 e. The Morgan fingerprint density at radius 2 is 1.97 bits per heavy atom. The van der Waals surface area contributed by atoms with Crippen LogP contribution in [0.4, 0.5) is 5.69 Å². The lowest BCUT2D eigenvalue weighted by atomic mass is 9.83. The van der Waals surface area contributed by atoms with Gasteiger partial charge in [-0.15, -0.1) is 21.5 Å². The molecule has 4 aromatic rings. The molecule has 0 aliphatic heterocycles. The Morgan fingerprint density at radius 1 is 1.10 bits per heavy atom. The van der Waals surface area contributed by atoms with Gasteiger partial charge in [-0.3, -0.25) is 4.79 Å². The average Bonchev–Trinajstić information content (AvgIpc) is 3.50. The fourth-order valence-corrected chi connectivity index (χ4v) is 5.16. The number of rotatable bonds is 4. The highest BCUT2D eigenvalue weighted by Crippen LogP contribution is 2.44. The number of nitrogens with one attached hydrogen (secondary N) is 1. The lowest BCUT2D eigenvalue weighted by Crippen LogP contribution is -2.37. The highest BCUT2D eigenvalue weighted by molar-refractivity contribution is 7.10. The van der Waals surface area contributed by atoms with Gasteiger partial charge in [0.15, 0.2) is 11.5 Å². The van der Waals surface area contributed by atoms with Crippen molar-refractivity contribution in [1.29, 1.82) is 0 Å². The first-order valence-electron chi connectivity index (χ1n) is 9.81. The molecule has 7 heteroatoms. The summed E-state index contributed by atoms with van der Waals surface area (Å²) in [6, 6.07) is 15.8. The number of benzene rings is 1. The number of aryl methyl sites for hydroxylation is 1. The van der Waals surface area contributed by atoms with E-state index in [2.05, 4.69) is 32.1 Å². The molecule has 3 aromatic heterocycles. The highest BCUT2D eigenvalue weighted by Gasteiger charge is 2.43. The minimum absolute atomic E-state index is 0.0904. The quantitative estimate of drug-likeness (QED) is 0.540. The topological polar surface area (TPSA) is 72.2 Å². The minimum atomic E-state index is -0.402. The largest absolute Gasteiger partial charge is 0.325 e. The number of thiophene rings is 1. The van der Waals surface area contributed by atoms with Crippen molar-refractivity contribution in [2.45, 2.75) is 38.0 Å². The van der Waals surface area contributed by atoms with Crippen molar-refractivity contribution in [3.05, 3.63) is 64.6 Å². The number of fused-ring (bicyclic) bond motifs is 1. The second-order valence-electron chi connectivity index (χ2n) is 7.54. The zero-order valence-electron chi connectivity index (χ0n) is 16.1. The van der Waals surface area contributed by atoms with Gasteiger partial charge in [0.25, 0.3) is 0 Å². The van der Waals surface area contributed by atoms with Gasteiger partial charge in [-0.05, 0) is 55.5 Å². The molecule has 0 bridgehead atoms. The second kappa shape index (κ2) is 7.08. The predicted octanol–water partition coefficient (Wildman–Crippen LogP) is 4.61. The average molecular weight is 404 g/mol. The van der Waals surface area contributed by atoms with Crippen LogP contribution in [0.1, 0.15) is 36.4 Å². The van der Waals surface area contributed by atoms with Crippen molar-refractivity contribution in [3.8, 4) is 11.3 Å². The molecule has 0 radical (unpaired) electrons. The van der Waals surface area contributed by atoms with E-state index in [0.29, 0.717) is 0 Å². The summed E-state index contributed by atoms with van der Waals surface area (Å²) in [5.74, 6) is 0.832. The molecular formula is C22H21N5OS. The molecule has 1 aliphatic rings. The Bertz CT molecular complexity index is 1180. The molecule has 146 valence electrons. The van der Waals surface area contributed by atoms with Crippen LogP contribution in [0.3, 0.4) is 0 Å². The standard InChI is InChI=1S/C22H21N5OS/c1-15-24-25-20-10-9-18(26-27(15)20)16-6-4-7-17(14-16)23-21(28)22(11-2-3-12-22)19-8-5-13-29-19/h4-10,13-14H,2-3,11-12H2,1H3,(H,23,28). The number of hydrogen-bond donors (Lipinski definition) is 1. The van der Waals surface area contributed by atoms with Crippen molar-refractivity contribution in [3.63, 3.8) is 0 Å². The second-order valence-corrected chi connectivity index (χ2v) is 8.48. The van der Waals surface area contributed by atoms with Crippen molar-refractivity contribution < 1.29 is 4.79 Å². The van der Waals surface area contributed by atoms with Crippen LogP contribution in [0, 0.1) is 6.92 Å². The van der Waals surface area contributed by atoms with Crippen LogP contribution in [0.5, 0.6) is 0 Å². The lowest BCUT2D eigenvalue weighted by molar-refractivity contribution is -0.121. The first kappa shape index (κ1) is 18.0. The molecule has 5 rings (SSSR count). The Labute approximate surface area is 172 Å². The third-order valence-electron chi connectivity index (χ3n) is 5.72. The van der Waals surface area contributed by atoms with E-state index in [9.17, 15) is 4.79 Å². The Kier molecular flexibility index (Phi) is 4.39. The SMILES string of the molecule is Cc1nnc2ccc(-c3cccc(NC(=O)C4(c5cccs5)CCCC4)c3)nn12. The van der Waals surface area contributed by atoms with E-state index in [1.54, 1.807) is 15.9 Å². The summed E-state index contributed by atoms with van der Waals surface area (Å²) >= 11 is 1.68. The molecular weight excluding hydrogens is 382 g/mol. The molecule has 1 aromatic carbocycles. The number of aromatic nitrogens is 4. The van der Waals surface area contributed by atoms with E-state index < -0.39 is 5.41 Å². The molecule has 0 unspecified atom stereocenters. The summed E-state index contributed by atoms with van der Waals surface area (Å²) < 4.78 is 1.73. The molecule has 0 saturated heterocycles. The molecule has 1 amide bonds. The Balaban J connectivity index is 1.45. The van der Waals surface area contributed by atoms with Gasteiger partial charge < -0.3 is 5.32 Å². The number of hydrogen-bond acceptors (Lipinski definition) is 5. The van der Waals surface area contributed by atoms with Gasteiger partial charge in [-0.1, -0.05) is 31.0 Å². The van der Waals surface area contributed by atoms with Crippen LogP contribution >= 0.6 is 11.3 Å². The summed E-state index contributed by atoms with van der Waals surface area (Å²) in [7, 11) is 0. The van der Waals surface area contributed by atoms with Gasteiger partial charge in [0.1, 0.15) is 0 Å². The molecule has 1 saturated carbocycles. The predicted molar refractivity (Wildman–Crippen MR) is 114 cm³/mol. The number of carbonyl (C=O) groups is 1. The molecule has 6 nitrogen and oxygen atoms in total. The fourth-order valence-electron chi connectivity index (χ4n) is 4.17. The molecule has 3 heterocycles. The van der Waals surface area contributed by atoms with Crippen LogP contribution in [-0.2, 0) is 10.2 Å². The van der Waals surface area contributed by atoms with Gasteiger partial charge in [0.05, 0.1) is 11.1 Å². The summed E-state index contributed by atoms with van der Waals surface area (Å²) in [5.41, 5.74) is 2.85. The van der Waals surface area contributed by atoms with E-state index >= 15 is 0 Å². The Hall–Kier alpha value is -3.06. The van der Waals surface area contributed by atoms with Crippen LogP contribution < -0.4 is 5.32 Å². The molecule has 1 N–H and O–H groups in total. The highest BCUT2D eigenvalue weighted by atomic mass is 32.1. The van der Waals surface area contributed by atoms with Crippen molar-refractivity contribution in [2.75, 3.05) is 5.32 Å². The van der Waals surface area contributed by atoms with Gasteiger partial charge in [0, 0.05) is 16.1 Å². The monoisotopic (exact) mass is 403 g/mol.